The average molecular weight is 232 g/mol. The van der Waals surface area contributed by atoms with Crippen molar-refractivity contribution in [2.24, 2.45) is 0 Å². The summed E-state index contributed by atoms with van der Waals surface area (Å²) < 4.78 is 22.7. The SMILES string of the molecule is CNC1CC(N(C)C2CCS(=O)(=O)C2)C1. The third-order valence-electron chi connectivity index (χ3n) is 3.88. The fourth-order valence-corrected chi connectivity index (χ4v) is 4.34. The van der Waals surface area contributed by atoms with E-state index >= 15 is 0 Å². The number of nitrogens with one attached hydrogen (secondary N) is 1. The van der Waals surface area contributed by atoms with E-state index in [4.69, 9.17) is 0 Å². The second-order valence-corrected chi connectivity index (χ2v) is 7.06. The first-order valence-electron chi connectivity index (χ1n) is 5.61. The van der Waals surface area contributed by atoms with E-state index in [1.54, 1.807) is 0 Å². The van der Waals surface area contributed by atoms with Crippen molar-refractivity contribution in [1.82, 2.24) is 10.2 Å². The molecule has 0 spiro atoms. The highest BCUT2D eigenvalue weighted by molar-refractivity contribution is 7.91. The molecule has 0 aromatic heterocycles. The monoisotopic (exact) mass is 232 g/mol. The van der Waals surface area contributed by atoms with Crippen molar-refractivity contribution >= 4 is 9.84 Å². The fourth-order valence-electron chi connectivity index (χ4n) is 2.55. The molecule has 0 aromatic rings. The third kappa shape index (κ3) is 2.34. The summed E-state index contributed by atoms with van der Waals surface area (Å²) in [6.07, 6.45) is 3.13. The van der Waals surface area contributed by atoms with E-state index in [0.29, 0.717) is 23.6 Å². The van der Waals surface area contributed by atoms with E-state index in [-0.39, 0.29) is 6.04 Å². The lowest BCUT2D eigenvalue weighted by molar-refractivity contribution is 0.0941. The van der Waals surface area contributed by atoms with Gasteiger partial charge in [-0.1, -0.05) is 0 Å². The average Bonchev–Trinajstić information content (AvgIpc) is 2.44. The van der Waals surface area contributed by atoms with Crippen molar-refractivity contribution in [3.05, 3.63) is 0 Å². The van der Waals surface area contributed by atoms with Gasteiger partial charge in [-0.25, -0.2) is 8.42 Å². The van der Waals surface area contributed by atoms with E-state index < -0.39 is 9.84 Å². The molecule has 0 amide bonds. The van der Waals surface area contributed by atoms with Gasteiger partial charge in [0.25, 0.3) is 0 Å². The minimum absolute atomic E-state index is 0.262. The Bertz CT molecular complexity index is 322. The van der Waals surface area contributed by atoms with Gasteiger partial charge < -0.3 is 5.32 Å². The molecule has 1 N–H and O–H groups in total. The third-order valence-corrected chi connectivity index (χ3v) is 5.63. The lowest BCUT2D eigenvalue weighted by Crippen LogP contribution is -2.53. The Kier molecular flexibility index (Phi) is 3.05. The minimum atomic E-state index is -2.73. The van der Waals surface area contributed by atoms with Gasteiger partial charge in [0.2, 0.25) is 0 Å². The van der Waals surface area contributed by atoms with Crippen LogP contribution in [0.25, 0.3) is 0 Å². The topological polar surface area (TPSA) is 49.4 Å². The Hall–Kier alpha value is -0.130. The highest BCUT2D eigenvalue weighted by Crippen LogP contribution is 2.28. The van der Waals surface area contributed by atoms with Gasteiger partial charge in [-0.05, 0) is 33.4 Å². The molecule has 1 atom stereocenters. The first-order chi connectivity index (χ1) is 7.02. The summed E-state index contributed by atoms with van der Waals surface area (Å²) in [4.78, 5) is 2.28. The molecular weight excluding hydrogens is 212 g/mol. The second kappa shape index (κ2) is 4.03. The molecular formula is C10H20N2O2S. The molecule has 0 aromatic carbocycles. The van der Waals surface area contributed by atoms with Crippen molar-refractivity contribution in [2.45, 2.75) is 37.4 Å². The second-order valence-electron chi connectivity index (χ2n) is 4.83. The van der Waals surface area contributed by atoms with Crippen LogP contribution in [0.15, 0.2) is 0 Å². The van der Waals surface area contributed by atoms with Crippen LogP contribution in [0.1, 0.15) is 19.3 Å². The van der Waals surface area contributed by atoms with Gasteiger partial charge in [-0.15, -0.1) is 0 Å². The maximum absolute atomic E-state index is 11.4. The van der Waals surface area contributed by atoms with Crippen LogP contribution in [0.4, 0.5) is 0 Å². The zero-order chi connectivity index (χ0) is 11.1. The predicted molar refractivity (Wildman–Crippen MR) is 60.7 cm³/mol. The summed E-state index contributed by atoms with van der Waals surface area (Å²) in [5.41, 5.74) is 0. The van der Waals surface area contributed by atoms with E-state index in [0.717, 1.165) is 19.3 Å². The summed E-state index contributed by atoms with van der Waals surface area (Å²) in [5.74, 6) is 0.744. The molecule has 0 bridgehead atoms. The van der Waals surface area contributed by atoms with Crippen LogP contribution in [-0.2, 0) is 9.84 Å². The van der Waals surface area contributed by atoms with Gasteiger partial charge in [0, 0.05) is 18.1 Å². The Morgan fingerprint density at radius 2 is 1.93 bits per heavy atom. The number of hydrogen-bond acceptors (Lipinski definition) is 4. The van der Waals surface area contributed by atoms with Crippen molar-refractivity contribution in [3.8, 4) is 0 Å². The van der Waals surface area contributed by atoms with Crippen molar-refractivity contribution in [1.29, 1.82) is 0 Å². The first-order valence-corrected chi connectivity index (χ1v) is 7.43. The number of sulfone groups is 1. The van der Waals surface area contributed by atoms with Gasteiger partial charge in [0.05, 0.1) is 11.5 Å². The van der Waals surface area contributed by atoms with Crippen LogP contribution in [0.3, 0.4) is 0 Å². The number of nitrogens with zero attached hydrogens (tertiary/aromatic N) is 1. The standard InChI is InChI=1S/C10H20N2O2S/c1-11-8-5-10(6-8)12(2)9-3-4-15(13,14)7-9/h8-11H,3-7H2,1-2H3. The predicted octanol–water partition coefficient (Wildman–Crippen LogP) is -0.144. The van der Waals surface area contributed by atoms with E-state index in [1.807, 2.05) is 7.05 Å². The molecule has 2 aliphatic rings. The van der Waals surface area contributed by atoms with Gasteiger partial charge in [-0.3, -0.25) is 4.90 Å². The first kappa shape index (κ1) is 11.4. The van der Waals surface area contributed by atoms with Gasteiger partial charge in [0.1, 0.15) is 0 Å². The van der Waals surface area contributed by atoms with Gasteiger partial charge in [-0.2, -0.15) is 0 Å². The van der Waals surface area contributed by atoms with Gasteiger partial charge in [0.15, 0.2) is 9.84 Å². The molecule has 0 radical (unpaired) electrons. The summed E-state index contributed by atoms with van der Waals surface area (Å²) in [5, 5.41) is 3.25. The van der Waals surface area contributed by atoms with E-state index in [9.17, 15) is 8.42 Å². The highest BCUT2D eigenvalue weighted by atomic mass is 32.2. The van der Waals surface area contributed by atoms with Crippen LogP contribution in [0.5, 0.6) is 0 Å². The Morgan fingerprint density at radius 1 is 1.27 bits per heavy atom. The fraction of sp³-hybridized carbons (Fsp3) is 1.00. The molecule has 1 saturated carbocycles. The maximum atomic E-state index is 11.4. The molecule has 2 rings (SSSR count). The van der Waals surface area contributed by atoms with Crippen molar-refractivity contribution < 1.29 is 8.42 Å². The minimum Gasteiger partial charge on any atom is -0.317 e. The molecule has 4 nitrogen and oxygen atoms in total. The zero-order valence-electron chi connectivity index (χ0n) is 9.44. The van der Waals surface area contributed by atoms with Crippen molar-refractivity contribution in [2.75, 3.05) is 25.6 Å². The summed E-state index contributed by atoms with van der Waals surface area (Å²) >= 11 is 0. The summed E-state index contributed by atoms with van der Waals surface area (Å²) in [7, 11) is 1.32. The molecule has 1 aliphatic carbocycles. The highest BCUT2D eigenvalue weighted by Gasteiger charge is 2.38. The quantitative estimate of drug-likeness (QED) is 0.735. The van der Waals surface area contributed by atoms with E-state index in [1.165, 1.54) is 0 Å². The van der Waals surface area contributed by atoms with Crippen LogP contribution < -0.4 is 5.32 Å². The number of hydrogen-bond donors (Lipinski definition) is 1. The lowest BCUT2D eigenvalue weighted by Gasteiger charge is -2.43. The molecule has 1 unspecified atom stereocenters. The molecule has 88 valence electrons. The van der Waals surface area contributed by atoms with Crippen LogP contribution in [0, 0.1) is 0 Å². The molecule has 5 heteroatoms. The largest absolute Gasteiger partial charge is 0.317 e. The van der Waals surface area contributed by atoms with Crippen molar-refractivity contribution in [3.63, 3.8) is 0 Å². The molecule has 1 heterocycles. The Morgan fingerprint density at radius 3 is 2.40 bits per heavy atom. The van der Waals surface area contributed by atoms with Gasteiger partial charge >= 0.3 is 0 Å². The van der Waals surface area contributed by atoms with Crippen LogP contribution in [0.2, 0.25) is 0 Å². The summed E-state index contributed by atoms with van der Waals surface area (Å²) in [6.45, 7) is 0. The van der Waals surface area contributed by atoms with Crippen LogP contribution in [-0.4, -0.2) is 57.0 Å². The summed E-state index contributed by atoms with van der Waals surface area (Å²) in [6, 6.07) is 1.48. The normalized spacial score (nSPS) is 39.3. The van der Waals surface area contributed by atoms with E-state index in [2.05, 4.69) is 17.3 Å². The Labute approximate surface area is 91.9 Å². The molecule has 15 heavy (non-hydrogen) atoms. The Balaban J connectivity index is 1.85. The smallest absolute Gasteiger partial charge is 0.151 e. The number of rotatable bonds is 3. The van der Waals surface area contributed by atoms with Crippen LogP contribution >= 0.6 is 0 Å². The zero-order valence-corrected chi connectivity index (χ0v) is 10.3. The maximum Gasteiger partial charge on any atom is 0.151 e. The lowest BCUT2D eigenvalue weighted by atomic mass is 9.85. The molecule has 1 saturated heterocycles. The molecule has 2 fully saturated rings. The molecule has 1 aliphatic heterocycles.